The van der Waals surface area contributed by atoms with Crippen molar-refractivity contribution in [1.82, 2.24) is 5.32 Å². The molecule has 0 aliphatic carbocycles. The van der Waals surface area contributed by atoms with Crippen LogP contribution in [-0.2, 0) is 9.53 Å². The Bertz CT molecular complexity index is 515. The van der Waals surface area contributed by atoms with Crippen LogP contribution in [0, 0.1) is 11.6 Å². The highest BCUT2D eigenvalue weighted by molar-refractivity contribution is 5.94. The van der Waals surface area contributed by atoms with Gasteiger partial charge in [0.15, 0.2) is 6.10 Å². The second-order valence-electron chi connectivity index (χ2n) is 4.47. The fourth-order valence-corrected chi connectivity index (χ4v) is 2.05. The highest BCUT2D eigenvalue weighted by Gasteiger charge is 2.30. The van der Waals surface area contributed by atoms with E-state index in [-0.39, 0.29) is 6.54 Å². The third-order valence-corrected chi connectivity index (χ3v) is 3.06. The van der Waals surface area contributed by atoms with Crippen molar-refractivity contribution in [2.75, 3.05) is 6.54 Å². The van der Waals surface area contributed by atoms with Gasteiger partial charge in [0, 0.05) is 6.54 Å². The van der Waals surface area contributed by atoms with Crippen LogP contribution in [0.2, 0.25) is 0 Å². The van der Waals surface area contributed by atoms with E-state index < -0.39 is 41.3 Å². The smallest absolute Gasteiger partial charge is 0.332 e. The van der Waals surface area contributed by atoms with Gasteiger partial charge in [-0.2, -0.15) is 0 Å². The van der Waals surface area contributed by atoms with Crippen LogP contribution in [0.5, 0.6) is 0 Å². The summed E-state index contributed by atoms with van der Waals surface area (Å²) in [5, 5.41) is 11.1. The number of halogens is 2. The van der Waals surface area contributed by atoms with Crippen molar-refractivity contribution in [3.8, 4) is 0 Å². The molecule has 2 rings (SSSR count). The molecule has 1 aliphatic rings. The van der Waals surface area contributed by atoms with Gasteiger partial charge in [-0.25, -0.2) is 13.6 Å². The third-order valence-electron chi connectivity index (χ3n) is 3.06. The molecule has 0 aromatic heterocycles. The van der Waals surface area contributed by atoms with Crippen LogP contribution in [0.25, 0.3) is 0 Å². The largest absolute Gasteiger partial charge is 0.479 e. The number of carboxylic acid groups (broad SMARTS) is 1. The number of benzene rings is 1. The highest BCUT2D eigenvalue weighted by Crippen LogP contribution is 2.19. The molecule has 7 heteroatoms. The van der Waals surface area contributed by atoms with Crippen molar-refractivity contribution in [3.63, 3.8) is 0 Å². The van der Waals surface area contributed by atoms with Crippen molar-refractivity contribution in [2.24, 2.45) is 0 Å². The van der Waals surface area contributed by atoms with Gasteiger partial charge in [-0.3, -0.25) is 4.79 Å². The van der Waals surface area contributed by atoms with Gasteiger partial charge in [0.1, 0.15) is 17.2 Å². The van der Waals surface area contributed by atoms with Gasteiger partial charge in [-0.1, -0.05) is 6.07 Å². The van der Waals surface area contributed by atoms with Gasteiger partial charge in [0.05, 0.1) is 6.10 Å². The molecule has 1 fully saturated rings. The standard InChI is InChI=1S/C13H13F2NO4/c14-8-2-1-3-9(15)11(8)12(17)16-6-7-4-5-10(20-7)13(18)19/h1-3,7,10H,4-6H2,(H,16,17)(H,18,19). The zero-order chi connectivity index (χ0) is 14.7. The van der Waals surface area contributed by atoms with Crippen LogP contribution in [0.3, 0.4) is 0 Å². The van der Waals surface area contributed by atoms with Gasteiger partial charge in [-0.05, 0) is 25.0 Å². The number of amides is 1. The third kappa shape index (κ3) is 3.11. The molecule has 0 saturated carbocycles. The van der Waals surface area contributed by atoms with E-state index >= 15 is 0 Å². The summed E-state index contributed by atoms with van der Waals surface area (Å²) in [5.74, 6) is -3.83. The van der Waals surface area contributed by atoms with Crippen LogP contribution >= 0.6 is 0 Å². The lowest BCUT2D eigenvalue weighted by atomic mass is 10.1. The Kier molecular flexibility index (Phi) is 4.29. The number of rotatable bonds is 4. The summed E-state index contributed by atoms with van der Waals surface area (Å²) in [6, 6.07) is 3.15. The van der Waals surface area contributed by atoms with Crippen molar-refractivity contribution >= 4 is 11.9 Å². The SMILES string of the molecule is O=C(NCC1CCC(C(=O)O)O1)c1c(F)cccc1F. The minimum Gasteiger partial charge on any atom is -0.479 e. The van der Waals surface area contributed by atoms with Gasteiger partial charge in [-0.15, -0.1) is 0 Å². The lowest BCUT2D eigenvalue weighted by Gasteiger charge is -2.12. The first-order chi connectivity index (χ1) is 9.49. The summed E-state index contributed by atoms with van der Waals surface area (Å²) in [6.45, 7) is 0.0103. The van der Waals surface area contributed by atoms with Crippen LogP contribution in [0.4, 0.5) is 8.78 Å². The average molecular weight is 285 g/mol. The molecule has 5 nitrogen and oxygen atoms in total. The topological polar surface area (TPSA) is 75.6 Å². The molecule has 108 valence electrons. The quantitative estimate of drug-likeness (QED) is 0.875. The Labute approximate surface area is 113 Å². The van der Waals surface area contributed by atoms with Gasteiger partial charge >= 0.3 is 5.97 Å². The lowest BCUT2D eigenvalue weighted by molar-refractivity contribution is -0.149. The molecular formula is C13H13F2NO4. The Morgan fingerprint density at radius 1 is 1.30 bits per heavy atom. The zero-order valence-corrected chi connectivity index (χ0v) is 10.4. The summed E-state index contributed by atoms with van der Waals surface area (Å²) in [6.07, 6.45) is -0.530. The average Bonchev–Trinajstić information content (AvgIpc) is 2.85. The fourth-order valence-electron chi connectivity index (χ4n) is 2.05. The van der Waals surface area contributed by atoms with Gasteiger partial charge in [0.2, 0.25) is 0 Å². The summed E-state index contributed by atoms with van der Waals surface area (Å²) >= 11 is 0. The zero-order valence-electron chi connectivity index (χ0n) is 10.4. The predicted octanol–water partition coefficient (Wildman–Crippen LogP) is 1.33. The van der Waals surface area contributed by atoms with Crippen molar-refractivity contribution < 1.29 is 28.2 Å². The summed E-state index contributed by atoms with van der Waals surface area (Å²) in [5.41, 5.74) is -0.653. The molecule has 1 aromatic carbocycles. The number of carbonyl (C=O) groups is 2. The number of carboxylic acids is 1. The molecule has 1 aliphatic heterocycles. The first kappa shape index (κ1) is 14.4. The highest BCUT2D eigenvalue weighted by atomic mass is 19.1. The number of ether oxygens (including phenoxy) is 1. The molecule has 1 aromatic rings. The molecule has 0 spiro atoms. The monoisotopic (exact) mass is 285 g/mol. The maximum absolute atomic E-state index is 13.4. The van der Waals surface area contributed by atoms with Crippen LogP contribution < -0.4 is 5.32 Å². The summed E-state index contributed by atoms with van der Waals surface area (Å²) in [4.78, 5) is 22.4. The van der Waals surface area contributed by atoms with Crippen molar-refractivity contribution in [1.29, 1.82) is 0 Å². The normalized spacial score (nSPS) is 21.7. The Morgan fingerprint density at radius 2 is 1.95 bits per heavy atom. The molecule has 0 radical (unpaired) electrons. The predicted molar refractivity (Wildman–Crippen MR) is 64.2 cm³/mol. The molecule has 1 amide bonds. The first-order valence-corrected chi connectivity index (χ1v) is 6.09. The first-order valence-electron chi connectivity index (χ1n) is 6.09. The second kappa shape index (κ2) is 5.96. The number of carbonyl (C=O) groups excluding carboxylic acids is 1. The molecule has 2 unspecified atom stereocenters. The Balaban J connectivity index is 1.92. The van der Waals surface area contributed by atoms with Crippen molar-refractivity contribution in [2.45, 2.75) is 25.0 Å². The number of hydrogen-bond donors (Lipinski definition) is 2. The van der Waals surface area contributed by atoms with Gasteiger partial charge in [0.25, 0.3) is 5.91 Å². The van der Waals surface area contributed by atoms with Crippen LogP contribution in [0.1, 0.15) is 23.2 Å². The summed E-state index contributed by atoms with van der Waals surface area (Å²) in [7, 11) is 0. The Morgan fingerprint density at radius 3 is 2.50 bits per heavy atom. The van der Waals surface area contributed by atoms with E-state index in [0.29, 0.717) is 12.8 Å². The van der Waals surface area contributed by atoms with E-state index in [0.717, 1.165) is 12.1 Å². The minimum atomic E-state index is -1.06. The van der Waals surface area contributed by atoms with Crippen LogP contribution in [0.15, 0.2) is 18.2 Å². The minimum absolute atomic E-state index is 0.0103. The molecule has 1 heterocycles. The van der Waals surface area contributed by atoms with E-state index in [1.165, 1.54) is 6.07 Å². The van der Waals surface area contributed by atoms with E-state index in [4.69, 9.17) is 9.84 Å². The fraction of sp³-hybridized carbons (Fsp3) is 0.385. The molecule has 2 atom stereocenters. The van der Waals surface area contributed by atoms with E-state index in [9.17, 15) is 18.4 Å². The van der Waals surface area contributed by atoms with E-state index in [1.54, 1.807) is 0 Å². The molecule has 20 heavy (non-hydrogen) atoms. The van der Waals surface area contributed by atoms with Crippen LogP contribution in [-0.4, -0.2) is 35.7 Å². The summed E-state index contributed by atoms with van der Waals surface area (Å²) < 4.78 is 31.9. The Hall–Kier alpha value is -2.02. The van der Waals surface area contributed by atoms with E-state index in [2.05, 4.69) is 5.32 Å². The number of aliphatic carboxylic acids is 1. The number of hydrogen-bond acceptors (Lipinski definition) is 3. The maximum Gasteiger partial charge on any atom is 0.332 e. The maximum atomic E-state index is 13.4. The molecule has 1 saturated heterocycles. The second-order valence-corrected chi connectivity index (χ2v) is 4.47. The molecular weight excluding hydrogens is 272 g/mol. The lowest BCUT2D eigenvalue weighted by Crippen LogP contribution is -2.34. The molecule has 0 bridgehead atoms. The van der Waals surface area contributed by atoms with Gasteiger partial charge < -0.3 is 15.2 Å². The van der Waals surface area contributed by atoms with E-state index in [1.807, 2.05) is 0 Å². The van der Waals surface area contributed by atoms with Crippen molar-refractivity contribution in [3.05, 3.63) is 35.4 Å². The number of nitrogens with one attached hydrogen (secondary N) is 1. The molecule has 2 N–H and O–H groups in total.